The minimum atomic E-state index is 0. The predicted molar refractivity (Wildman–Crippen MR) is 9.37 cm³/mol. The van der Waals surface area contributed by atoms with Crippen molar-refractivity contribution in [3.05, 3.63) is 0 Å². The fourth-order valence-corrected chi connectivity index (χ4v) is 0. The molecule has 29 valence electrons. The first-order valence-electron chi connectivity index (χ1n) is 0. The molecule has 0 spiro atoms. The molecule has 4 heavy (non-hydrogen) atoms. The van der Waals surface area contributed by atoms with Crippen LogP contribution in [0.5, 0.6) is 0 Å². The summed E-state index contributed by atoms with van der Waals surface area (Å²) in [7, 11) is 0. The zero-order valence-corrected chi connectivity index (χ0v) is 9.14. The third-order valence-corrected chi connectivity index (χ3v) is 0. The average molecular weight is 485 g/mol. The normalized spacial score (nSPS) is 0. The molecular weight excluding hydrogens is 483 g/mol. The Hall–Kier alpha value is 2.79. The Morgan fingerprint density at radius 2 is 1.00 bits per heavy atom. The van der Waals surface area contributed by atoms with Gasteiger partial charge in [0.15, 0.2) is 0 Å². The van der Waals surface area contributed by atoms with Gasteiger partial charge >= 0.3 is 0 Å². The Kier molecular flexibility index (Phi) is 125. The SMILES string of the molecule is O.[Bi].[Gd].[Ru]. The van der Waals surface area contributed by atoms with Crippen molar-refractivity contribution in [3.8, 4) is 0 Å². The molecule has 3 radical (unpaired) electrons. The third kappa shape index (κ3) is 8.84. The Morgan fingerprint density at radius 1 is 1.00 bits per heavy atom. The van der Waals surface area contributed by atoms with Crippen molar-refractivity contribution in [2.45, 2.75) is 0 Å². The summed E-state index contributed by atoms with van der Waals surface area (Å²) in [6.45, 7) is 0. The maximum absolute atomic E-state index is 0. The van der Waals surface area contributed by atoms with E-state index in [1.165, 1.54) is 0 Å². The van der Waals surface area contributed by atoms with Crippen LogP contribution in [-0.4, -0.2) is 31.7 Å². The Morgan fingerprint density at radius 3 is 1.00 bits per heavy atom. The first-order valence-corrected chi connectivity index (χ1v) is 0. The van der Waals surface area contributed by atoms with E-state index in [0.29, 0.717) is 0 Å². The van der Waals surface area contributed by atoms with Crippen molar-refractivity contribution in [2.24, 2.45) is 0 Å². The minimum Gasteiger partial charge on any atom is -0.412 e. The molecule has 0 aromatic carbocycles. The first-order chi connectivity index (χ1) is 0. The van der Waals surface area contributed by atoms with Crippen LogP contribution >= 0.6 is 0 Å². The molecule has 0 amide bonds. The standard InChI is InChI=1S/Bi.Gd.H2O.Ru/h;;1H2;. The van der Waals surface area contributed by atoms with Gasteiger partial charge in [0.05, 0.1) is 0 Å². The van der Waals surface area contributed by atoms with Crippen molar-refractivity contribution in [1.29, 1.82) is 0 Å². The van der Waals surface area contributed by atoms with Gasteiger partial charge < -0.3 is 5.48 Å². The summed E-state index contributed by atoms with van der Waals surface area (Å²) in [5.41, 5.74) is 0. The zero-order valence-electron chi connectivity index (χ0n) is 1.65. The predicted octanol–water partition coefficient (Wildman–Crippen LogP) is -1.21. The van der Waals surface area contributed by atoms with Crippen LogP contribution < -0.4 is 0 Å². The molecule has 0 fully saturated rings. The maximum Gasteiger partial charge on any atom is 0 e. The topological polar surface area (TPSA) is 31.5 Å². The Labute approximate surface area is 89.2 Å². The molecule has 0 bridgehead atoms. The molecule has 0 saturated carbocycles. The summed E-state index contributed by atoms with van der Waals surface area (Å²) in [4.78, 5) is 0. The van der Waals surface area contributed by atoms with Gasteiger partial charge in [-0.1, -0.05) is 0 Å². The van der Waals surface area contributed by atoms with Crippen LogP contribution in [0.25, 0.3) is 0 Å². The third-order valence-electron chi connectivity index (χ3n) is 0. The summed E-state index contributed by atoms with van der Waals surface area (Å²) < 4.78 is 0. The number of hydrogen-bond donors (Lipinski definition) is 0. The van der Waals surface area contributed by atoms with E-state index in [0.717, 1.165) is 0 Å². The largest absolute Gasteiger partial charge is 0.412 e. The quantitative estimate of drug-likeness (QED) is 0.386. The van der Waals surface area contributed by atoms with E-state index in [2.05, 4.69) is 0 Å². The molecule has 0 aliphatic rings. The van der Waals surface area contributed by atoms with Gasteiger partial charge in [0, 0.05) is 85.6 Å². The maximum atomic E-state index is 0. The van der Waals surface area contributed by atoms with E-state index in [1.54, 1.807) is 0 Å². The molecular formula is H2BiGdORu. The van der Waals surface area contributed by atoms with Gasteiger partial charge in [-0.2, -0.15) is 0 Å². The van der Waals surface area contributed by atoms with Crippen molar-refractivity contribution in [3.63, 3.8) is 0 Å². The molecule has 0 saturated heterocycles. The average Bonchev–Trinajstić information content (AvgIpc) is 0. The van der Waals surface area contributed by atoms with Gasteiger partial charge in [-0.15, -0.1) is 0 Å². The van der Waals surface area contributed by atoms with Crippen LogP contribution in [0.3, 0.4) is 0 Å². The minimum absolute atomic E-state index is 0. The Bertz CT molecular complexity index is 8.00. The van der Waals surface area contributed by atoms with Crippen LogP contribution in [0, 0.1) is 39.9 Å². The monoisotopic (exact) mass is 487 g/mol. The van der Waals surface area contributed by atoms with Gasteiger partial charge in [0.2, 0.25) is 0 Å². The molecule has 0 aromatic rings. The summed E-state index contributed by atoms with van der Waals surface area (Å²) in [5, 5.41) is 0. The first kappa shape index (κ1) is 29.2. The van der Waals surface area contributed by atoms with E-state index in [9.17, 15) is 0 Å². The van der Waals surface area contributed by atoms with Gasteiger partial charge in [0.25, 0.3) is 0 Å². The molecule has 0 rings (SSSR count). The van der Waals surface area contributed by atoms with E-state index < -0.39 is 0 Å². The molecule has 2 N–H and O–H groups in total. The summed E-state index contributed by atoms with van der Waals surface area (Å²) >= 11 is 0. The molecule has 0 unspecified atom stereocenters. The van der Waals surface area contributed by atoms with E-state index >= 15 is 0 Å². The van der Waals surface area contributed by atoms with Gasteiger partial charge in [-0.25, -0.2) is 0 Å². The fraction of sp³-hybridized carbons (Fsp3) is 0. The zero-order chi connectivity index (χ0) is 0. The molecule has 1 nitrogen and oxygen atoms in total. The number of rotatable bonds is 0. The molecule has 0 aromatic heterocycles. The molecule has 0 aliphatic heterocycles. The second kappa shape index (κ2) is 17.1. The smallest absolute Gasteiger partial charge is 0 e. The second-order valence-electron chi connectivity index (χ2n) is 0. The number of hydrogen-bond acceptors (Lipinski definition) is 0. The summed E-state index contributed by atoms with van der Waals surface area (Å²) in [6.07, 6.45) is 0. The molecule has 0 aliphatic carbocycles. The van der Waals surface area contributed by atoms with Crippen molar-refractivity contribution in [1.82, 2.24) is 0 Å². The van der Waals surface area contributed by atoms with Crippen molar-refractivity contribution >= 4 is 26.2 Å². The van der Waals surface area contributed by atoms with Crippen LogP contribution in [0.1, 0.15) is 0 Å². The molecule has 0 atom stereocenters. The summed E-state index contributed by atoms with van der Waals surface area (Å²) in [5.74, 6) is 0. The second-order valence-corrected chi connectivity index (χ2v) is 0. The van der Waals surface area contributed by atoms with Crippen molar-refractivity contribution in [2.75, 3.05) is 0 Å². The van der Waals surface area contributed by atoms with Crippen LogP contribution in [0.2, 0.25) is 0 Å². The van der Waals surface area contributed by atoms with Crippen LogP contribution in [0.4, 0.5) is 0 Å². The van der Waals surface area contributed by atoms with Gasteiger partial charge in [-0.3, -0.25) is 0 Å². The van der Waals surface area contributed by atoms with Gasteiger partial charge in [-0.05, 0) is 0 Å². The van der Waals surface area contributed by atoms with E-state index in [1.807, 2.05) is 0 Å². The molecule has 0 heterocycles. The van der Waals surface area contributed by atoms with Crippen LogP contribution in [0.15, 0.2) is 0 Å². The van der Waals surface area contributed by atoms with E-state index in [4.69, 9.17) is 0 Å². The van der Waals surface area contributed by atoms with E-state index in [-0.39, 0.29) is 91.1 Å². The summed E-state index contributed by atoms with van der Waals surface area (Å²) in [6, 6.07) is 0. The van der Waals surface area contributed by atoms with Gasteiger partial charge in [0.1, 0.15) is 0 Å². The Balaban J connectivity index is 0. The fourth-order valence-electron chi connectivity index (χ4n) is 0. The van der Waals surface area contributed by atoms with Crippen LogP contribution in [-0.2, 0) is 19.5 Å². The molecule has 4 heteroatoms. The van der Waals surface area contributed by atoms with Crippen molar-refractivity contribution < 1.29 is 64.9 Å².